The van der Waals surface area contributed by atoms with Gasteiger partial charge in [0.25, 0.3) is 0 Å². The molecule has 0 N–H and O–H groups in total. The first-order valence-electron chi connectivity index (χ1n) is 1.59. The summed E-state index contributed by atoms with van der Waals surface area (Å²) in [5.41, 5.74) is 0. The van der Waals surface area contributed by atoms with Gasteiger partial charge in [-0.2, -0.15) is 13.5 Å². The Balaban J connectivity index is 0. The minimum atomic E-state index is -0.419. The molecule has 0 aromatic heterocycles. The molecule has 0 saturated heterocycles. The molecule has 0 spiro atoms. The maximum atomic E-state index is 9.72. The second-order valence-electron chi connectivity index (χ2n) is 0.804. The standard InChI is InChI=1S/C4H5ClO.H2S/c1-2-3-4(5)6;/h2-3H,1H3;1H2/b3-2+;. The molecule has 7 heavy (non-hydrogen) atoms. The van der Waals surface area contributed by atoms with Gasteiger partial charge in [0.05, 0.1) is 0 Å². The SMILES string of the molecule is C/C=C/C(=O)Cl.S. The second kappa shape index (κ2) is 6.05. The zero-order valence-corrected chi connectivity index (χ0v) is 5.70. The molecular weight excluding hydrogens is 132 g/mol. The number of carbonyl (C=O) groups excluding carboxylic acids is 1. The summed E-state index contributed by atoms with van der Waals surface area (Å²) >= 11 is 4.85. The average Bonchev–Trinajstić information content (AvgIpc) is 1.35. The van der Waals surface area contributed by atoms with Crippen molar-refractivity contribution in [2.45, 2.75) is 6.92 Å². The van der Waals surface area contributed by atoms with Gasteiger partial charge in [0.1, 0.15) is 0 Å². The van der Waals surface area contributed by atoms with Crippen LogP contribution >= 0.6 is 25.1 Å². The Hall–Kier alpha value is 0.0500. The molecule has 0 atom stereocenters. The van der Waals surface area contributed by atoms with Crippen molar-refractivity contribution in [2.75, 3.05) is 0 Å². The van der Waals surface area contributed by atoms with E-state index in [1.807, 2.05) is 0 Å². The molecule has 0 radical (unpaired) electrons. The van der Waals surface area contributed by atoms with Gasteiger partial charge in [0, 0.05) is 0 Å². The minimum absolute atomic E-state index is 0. The molecular formula is C4H7ClOS. The summed E-state index contributed by atoms with van der Waals surface area (Å²) < 4.78 is 0. The predicted molar refractivity (Wildman–Crippen MR) is 36.1 cm³/mol. The molecule has 0 fully saturated rings. The van der Waals surface area contributed by atoms with E-state index < -0.39 is 5.24 Å². The first-order valence-corrected chi connectivity index (χ1v) is 1.97. The van der Waals surface area contributed by atoms with Crippen LogP contribution in [-0.2, 0) is 4.79 Å². The van der Waals surface area contributed by atoms with Crippen molar-refractivity contribution in [3.8, 4) is 0 Å². The fourth-order valence-corrected chi connectivity index (χ4v) is 0.257. The van der Waals surface area contributed by atoms with E-state index in [4.69, 9.17) is 11.6 Å². The number of rotatable bonds is 1. The normalized spacial score (nSPS) is 8.29. The van der Waals surface area contributed by atoms with E-state index in [9.17, 15) is 4.79 Å². The lowest BCUT2D eigenvalue weighted by atomic mass is 10.6. The van der Waals surface area contributed by atoms with Crippen molar-refractivity contribution in [1.29, 1.82) is 0 Å². The highest BCUT2D eigenvalue weighted by Crippen LogP contribution is 1.78. The number of carbonyl (C=O) groups is 1. The summed E-state index contributed by atoms with van der Waals surface area (Å²) in [4.78, 5) is 9.72. The Morgan fingerprint density at radius 2 is 2.14 bits per heavy atom. The van der Waals surface area contributed by atoms with E-state index in [1.165, 1.54) is 6.08 Å². The number of hydrogen-bond acceptors (Lipinski definition) is 1. The van der Waals surface area contributed by atoms with E-state index >= 15 is 0 Å². The van der Waals surface area contributed by atoms with Gasteiger partial charge in [-0.05, 0) is 24.6 Å². The summed E-state index contributed by atoms with van der Waals surface area (Å²) in [5, 5.41) is -0.419. The zero-order valence-electron chi connectivity index (χ0n) is 3.94. The summed E-state index contributed by atoms with van der Waals surface area (Å²) in [7, 11) is 0. The molecule has 0 aromatic rings. The number of halogens is 1. The summed E-state index contributed by atoms with van der Waals surface area (Å²) in [6.45, 7) is 1.74. The molecule has 42 valence electrons. The van der Waals surface area contributed by atoms with Gasteiger partial charge in [0.15, 0.2) is 0 Å². The van der Waals surface area contributed by atoms with Crippen LogP contribution in [0.2, 0.25) is 0 Å². The van der Waals surface area contributed by atoms with Crippen LogP contribution in [0.4, 0.5) is 0 Å². The van der Waals surface area contributed by atoms with Gasteiger partial charge in [0.2, 0.25) is 5.24 Å². The average molecular weight is 139 g/mol. The fraction of sp³-hybridized carbons (Fsp3) is 0.250. The molecule has 0 aliphatic carbocycles. The number of hydrogen-bond donors (Lipinski definition) is 0. The molecule has 0 heterocycles. The van der Waals surface area contributed by atoms with E-state index in [1.54, 1.807) is 13.0 Å². The number of allylic oxidation sites excluding steroid dienone is 2. The summed E-state index contributed by atoms with van der Waals surface area (Å²) in [6, 6.07) is 0. The van der Waals surface area contributed by atoms with Crippen LogP contribution < -0.4 is 0 Å². The largest absolute Gasteiger partial charge is 0.276 e. The van der Waals surface area contributed by atoms with Crippen LogP contribution in [0, 0.1) is 0 Å². The van der Waals surface area contributed by atoms with Gasteiger partial charge in [-0.15, -0.1) is 0 Å². The van der Waals surface area contributed by atoms with Gasteiger partial charge in [-0.3, -0.25) is 4.79 Å². The van der Waals surface area contributed by atoms with Crippen LogP contribution in [0.15, 0.2) is 12.2 Å². The minimum Gasteiger partial charge on any atom is -0.276 e. The second-order valence-corrected chi connectivity index (χ2v) is 1.18. The van der Waals surface area contributed by atoms with E-state index in [0.717, 1.165) is 0 Å². The predicted octanol–water partition coefficient (Wildman–Crippen LogP) is 1.44. The maximum absolute atomic E-state index is 9.72. The Kier molecular flexibility index (Phi) is 8.75. The van der Waals surface area contributed by atoms with Gasteiger partial charge in [-0.1, -0.05) is 6.08 Å². The monoisotopic (exact) mass is 138 g/mol. The highest BCUT2D eigenvalue weighted by Gasteiger charge is 1.77. The van der Waals surface area contributed by atoms with Crippen molar-refractivity contribution in [3.05, 3.63) is 12.2 Å². The Morgan fingerprint density at radius 1 is 1.71 bits per heavy atom. The Morgan fingerprint density at radius 3 is 2.14 bits per heavy atom. The van der Waals surface area contributed by atoms with Crippen molar-refractivity contribution in [1.82, 2.24) is 0 Å². The molecule has 0 aliphatic heterocycles. The third-order valence-corrected chi connectivity index (χ3v) is 0.424. The lowest BCUT2D eigenvalue weighted by Gasteiger charge is -1.65. The van der Waals surface area contributed by atoms with Crippen molar-refractivity contribution < 1.29 is 4.79 Å². The quantitative estimate of drug-likeness (QED) is 0.396. The van der Waals surface area contributed by atoms with Crippen LogP contribution in [0.1, 0.15) is 6.92 Å². The smallest absolute Gasteiger partial charge is 0.244 e. The topological polar surface area (TPSA) is 17.1 Å². The van der Waals surface area contributed by atoms with Gasteiger partial charge < -0.3 is 0 Å². The van der Waals surface area contributed by atoms with Crippen molar-refractivity contribution >= 4 is 30.3 Å². The first kappa shape index (κ1) is 10.1. The highest BCUT2D eigenvalue weighted by atomic mass is 35.5. The molecule has 0 amide bonds. The zero-order chi connectivity index (χ0) is 4.99. The van der Waals surface area contributed by atoms with Crippen LogP contribution in [0.25, 0.3) is 0 Å². The highest BCUT2D eigenvalue weighted by molar-refractivity contribution is 7.59. The first-order chi connectivity index (χ1) is 2.77. The Bertz CT molecular complexity index is 79.8. The maximum Gasteiger partial charge on any atom is 0.244 e. The van der Waals surface area contributed by atoms with Crippen LogP contribution in [0.5, 0.6) is 0 Å². The van der Waals surface area contributed by atoms with Crippen molar-refractivity contribution in [3.63, 3.8) is 0 Å². The Labute approximate surface area is 54.8 Å². The van der Waals surface area contributed by atoms with E-state index in [-0.39, 0.29) is 13.5 Å². The van der Waals surface area contributed by atoms with Crippen LogP contribution in [-0.4, -0.2) is 5.24 Å². The van der Waals surface area contributed by atoms with E-state index in [2.05, 4.69) is 0 Å². The van der Waals surface area contributed by atoms with Gasteiger partial charge in [-0.25, -0.2) is 0 Å². The molecule has 0 saturated carbocycles. The molecule has 0 aliphatic rings. The summed E-state index contributed by atoms with van der Waals surface area (Å²) in [5.74, 6) is 0. The van der Waals surface area contributed by atoms with Crippen LogP contribution in [0.3, 0.4) is 0 Å². The lowest BCUT2D eigenvalue weighted by Crippen LogP contribution is -1.70. The fourth-order valence-electron chi connectivity index (χ4n) is 0.131. The third kappa shape index (κ3) is 10.7. The van der Waals surface area contributed by atoms with Gasteiger partial charge >= 0.3 is 0 Å². The molecule has 3 heteroatoms. The molecule has 0 aromatic carbocycles. The van der Waals surface area contributed by atoms with E-state index in [0.29, 0.717) is 0 Å². The molecule has 0 bridgehead atoms. The van der Waals surface area contributed by atoms with Crippen molar-refractivity contribution in [2.24, 2.45) is 0 Å². The molecule has 0 unspecified atom stereocenters. The molecule has 0 rings (SSSR count). The third-order valence-electron chi connectivity index (χ3n) is 0.298. The lowest BCUT2D eigenvalue weighted by molar-refractivity contribution is -0.107. The molecule has 1 nitrogen and oxygen atoms in total. The summed E-state index contributed by atoms with van der Waals surface area (Å²) in [6.07, 6.45) is 2.89.